The summed E-state index contributed by atoms with van der Waals surface area (Å²) in [5, 5.41) is 9.75. The van der Waals surface area contributed by atoms with Crippen LogP contribution in [0.3, 0.4) is 0 Å². The number of hydrogen-bond acceptors (Lipinski definition) is 10. The van der Waals surface area contributed by atoms with Crippen molar-refractivity contribution in [2.45, 2.75) is 30.6 Å². The topological polar surface area (TPSA) is 98.7 Å². The van der Waals surface area contributed by atoms with Gasteiger partial charge in [-0.25, -0.2) is 0 Å². The van der Waals surface area contributed by atoms with Crippen LogP contribution in [0, 0.1) is 4.77 Å². The molecule has 0 amide bonds. The van der Waals surface area contributed by atoms with Gasteiger partial charge in [-0.1, -0.05) is 10.8 Å². The lowest BCUT2D eigenvalue weighted by molar-refractivity contribution is 0.120. The smallest absolute Gasteiger partial charge is 0.465 e. The average molecular weight is 414 g/mol. The van der Waals surface area contributed by atoms with Crippen molar-refractivity contribution in [1.82, 2.24) is 15.0 Å². The molecule has 0 saturated heterocycles. The Bertz CT molecular complexity index is 537. The maximum absolute atomic E-state index is 9.26. The molecular weight excluding hydrogens is 390 g/mol. The molecule has 1 aromatic heterocycles. The van der Waals surface area contributed by atoms with E-state index in [-0.39, 0.29) is 6.10 Å². The molecule has 0 bridgehead atoms. The van der Waals surface area contributed by atoms with Gasteiger partial charge in [0.05, 0.1) is 12.7 Å². The standard InChI is InChI=1S/C12H23N3O5S3Si/c1-9(16)8-22-23-12-14-10(13-11(21)15-12)20-6-5-7-24(17-2,18-3)19-4/h9,16H,5-8H2,1-4H3,(H,13,14,15,21). The molecule has 8 nitrogen and oxygen atoms in total. The van der Waals surface area contributed by atoms with E-state index in [0.717, 1.165) is 0 Å². The van der Waals surface area contributed by atoms with Gasteiger partial charge in [0.2, 0.25) is 9.93 Å². The first-order valence-electron chi connectivity index (χ1n) is 7.19. The minimum atomic E-state index is -2.58. The molecule has 0 saturated carbocycles. The molecule has 0 aliphatic carbocycles. The molecule has 0 radical (unpaired) electrons. The summed E-state index contributed by atoms with van der Waals surface area (Å²) in [6.07, 6.45) is 0.300. The molecule has 0 spiro atoms. The normalized spacial score (nSPS) is 13.0. The molecular formula is C12H23N3O5S3Si. The predicted molar refractivity (Wildman–Crippen MR) is 98.9 cm³/mol. The van der Waals surface area contributed by atoms with Crippen LogP contribution in [0.25, 0.3) is 0 Å². The first-order chi connectivity index (χ1) is 11.4. The molecule has 1 heterocycles. The molecule has 24 heavy (non-hydrogen) atoms. The molecule has 1 rings (SSSR count). The number of aliphatic hydroxyl groups is 1. The number of hydrogen-bond donors (Lipinski definition) is 2. The van der Waals surface area contributed by atoms with E-state index in [1.54, 1.807) is 28.3 Å². The van der Waals surface area contributed by atoms with Gasteiger partial charge in [-0.3, -0.25) is 4.98 Å². The summed E-state index contributed by atoms with van der Waals surface area (Å²) in [5.41, 5.74) is 0. The van der Waals surface area contributed by atoms with Crippen LogP contribution >= 0.6 is 33.8 Å². The van der Waals surface area contributed by atoms with Crippen LogP contribution in [0.15, 0.2) is 5.16 Å². The number of aromatic amines is 1. The highest BCUT2D eigenvalue weighted by Crippen LogP contribution is 2.29. The van der Waals surface area contributed by atoms with Crippen LogP contribution in [0.1, 0.15) is 13.3 Å². The zero-order chi connectivity index (χ0) is 18.0. The maximum Gasteiger partial charge on any atom is 0.500 e. The minimum absolute atomic E-state index is 0.301. The number of rotatable bonds is 12. The van der Waals surface area contributed by atoms with Gasteiger partial charge in [0.15, 0.2) is 0 Å². The molecule has 0 aliphatic heterocycles. The van der Waals surface area contributed by atoms with Crippen LogP contribution in [0.2, 0.25) is 6.04 Å². The van der Waals surface area contributed by atoms with E-state index >= 15 is 0 Å². The van der Waals surface area contributed by atoms with E-state index in [1.165, 1.54) is 21.6 Å². The Balaban J connectivity index is 2.50. The van der Waals surface area contributed by atoms with Gasteiger partial charge in [0.1, 0.15) is 0 Å². The van der Waals surface area contributed by atoms with Crippen LogP contribution in [-0.4, -0.2) is 68.7 Å². The second-order valence-corrected chi connectivity index (χ2v) is 10.5. The van der Waals surface area contributed by atoms with E-state index < -0.39 is 8.80 Å². The predicted octanol–water partition coefficient (Wildman–Crippen LogP) is 2.30. The Morgan fingerprint density at radius 3 is 2.50 bits per heavy atom. The zero-order valence-electron chi connectivity index (χ0n) is 14.1. The fraction of sp³-hybridized carbons (Fsp3) is 0.750. The van der Waals surface area contributed by atoms with E-state index in [9.17, 15) is 5.11 Å². The van der Waals surface area contributed by atoms with Crippen molar-refractivity contribution < 1.29 is 23.1 Å². The molecule has 1 atom stereocenters. The summed E-state index contributed by atoms with van der Waals surface area (Å²) >= 11 is 5.07. The Kier molecular flexibility index (Phi) is 10.4. The van der Waals surface area contributed by atoms with Crippen LogP contribution in [0.5, 0.6) is 6.01 Å². The lowest BCUT2D eigenvalue weighted by Crippen LogP contribution is -2.42. The molecule has 138 valence electrons. The molecule has 2 N–H and O–H groups in total. The second-order valence-electron chi connectivity index (χ2n) is 4.71. The van der Waals surface area contributed by atoms with Gasteiger partial charge in [-0.05, 0) is 36.4 Å². The summed E-state index contributed by atoms with van der Waals surface area (Å²) in [7, 11) is 4.96. The largest absolute Gasteiger partial charge is 0.500 e. The van der Waals surface area contributed by atoms with Crippen molar-refractivity contribution in [3.63, 3.8) is 0 Å². The van der Waals surface area contributed by atoms with E-state index in [0.29, 0.717) is 40.8 Å². The molecule has 0 fully saturated rings. The van der Waals surface area contributed by atoms with Gasteiger partial charge in [0, 0.05) is 33.1 Å². The van der Waals surface area contributed by atoms with Gasteiger partial charge in [-0.15, -0.1) is 0 Å². The van der Waals surface area contributed by atoms with Crippen molar-refractivity contribution in [2.24, 2.45) is 0 Å². The second kappa shape index (κ2) is 11.4. The number of nitrogens with zero attached hydrogens (tertiary/aromatic N) is 2. The SMILES string of the molecule is CO[Si](CCCOc1nc(SSCC(C)O)nc(=S)[nH]1)(OC)OC. The summed E-state index contributed by atoms with van der Waals surface area (Å²) < 4.78 is 22.0. The Morgan fingerprint density at radius 2 is 1.92 bits per heavy atom. The van der Waals surface area contributed by atoms with Crippen LogP contribution in [0.4, 0.5) is 0 Å². The summed E-state index contributed by atoms with van der Waals surface area (Å²) in [6, 6.07) is 0.948. The highest BCUT2D eigenvalue weighted by atomic mass is 33.1. The van der Waals surface area contributed by atoms with Crippen molar-refractivity contribution in [3.05, 3.63) is 4.77 Å². The Hall–Kier alpha value is -0.213. The van der Waals surface area contributed by atoms with Crippen LogP contribution < -0.4 is 4.74 Å². The third-order valence-electron chi connectivity index (χ3n) is 2.85. The third kappa shape index (κ3) is 7.78. The lowest BCUT2D eigenvalue weighted by atomic mass is 10.5. The minimum Gasteiger partial charge on any atom is -0.465 e. The lowest BCUT2D eigenvalue weighted by Gasteiger charge is -2.24. The molecule has 0 aromatic carbocycles. The van der Waals surface area contributed by atoms with E-state index in [1.807, 2.05) is 0 Å². The number of aromatic nitrogens is 3. The van der Waals surface area contributed by atoms with E-state index in [4.69, 9.17) is 30.2 Å². The maximum atomic E-state index is 9.26. The number of H-pyrrole nitrogens is 1. The van der Waals surface area contributed by atoms with Crippen molar-refractivity contribution in [3.8, 4) is 6.01 Å². The number of ether oxygens (including phenoxy) is 1. The van der Waals surface area contributed by atoms with Crippen molar-refractivity contribution in [1.29, 1.82) is 0 Å². The molecule has 0 aliphatic rings. The fourth-order valence-electron chi connectivity index (χ4n) is 1.65. The molecule has 1 aromatic rings. The highest BCUT2D eigenvalue weighted by Gasteiger charge is 2.36. The van der Waals surface area contributed by atoms with Gasteiger partial charge in [0.25, 0.3) is 6.01 Å². The first-order valence-corrected chi connectivity index (χ1v) is 11.8. The van der Waals surface area contributed by atoms with Gasteiger partial charge in [-0.2, -0.15) is 9.97 Å². The number of aliphatic hydroxyl groups excluding tert-OH is 1. The average Bonchev–Trinajstić information content (AvgIpc) is 2.55. The monoisotopic (exact) mass is 413 g/mol. The van der Waals surface area contributed by atoms with Gasteiger partial charge >= 0.3 is 8.80 Å². The van der Waals surface area contributed by atoms with Crippen molar-refractivity contribution in [2.75, 3.05) is 33.7 Å². The Labute approximate surface area is 155 Å². The summed E-state index contributed by atoms with van der Waals surface area (Å²) in [4.78, 5) is 11.2. The quantitative estimate of drug-likeness (QED) is 0.230. The Morgan fingerprint density at radius 1 is 1.25 bits per heavy atom. The number of nitrogens with one attached hydrogen (secondary N) is 1. The molecule has 1 unspecified atom stereocenters. The van der Waals surface area contributed by atoms with Gasteiger partial charge < -0.3 is 23.1 Å². The summed E-state index contributed by atoms with van der Waals surface area (Å²) in [5.74, 6) is 0.577. The van der Waals surface area contributed by atoms with Crippen molar-refractivity contribution >= 4 is 42.6 Å². The highest BCUT2D eigenvalue weighted by molar-refractivity contribution is 8.76. The zero-order valence-corrected chi connectivity index (χ0v) is 17.6. The van der Waals surface area contributed by atoms with Crippen LogP contribution in [-0.2, 0) is 13.3 Å². The third-order valence-corrected chi connectivity index (χ3v) is 8.15. The molecule has 12 heteroatoms. The van der Waals surface area contributed by atoms with E-state index in [2.05, 4.69) is 15.0 Å². The first kappa shape index (κ1) is 21.8. The fourth-order valence-corrected chi connectivity index (χ4v) is 5.53. The summed E-state index contributed by atoms with van der Waals surface area (Å²) in [6.45, 7) is 2.14.